The Balaban J connectivity index is 2.28. The molecular formula is C14H12N2O2S. The maximum Gasteiger partial charge on any atom is 0.177 e. The van der Waals surface area contributed by atoms with Gasteiger partial charge in [-0.15, -0.1) is 0 Å². The molecule has 1 N–H and O–H groups in total. The first-order valence-electron chi connectivity index (χ1n) is 5.80. The molecule has 5 heteroatoms. The Morgan fingerprint density at radius 2 is 1.74 bits per heavy atom. The van der Waals surface area contributed by atoms with Crippen LogP contribution in [0.15, 0.2) is 53.4 Å². The largest absolute Gasteiger partial charge is 0.338 e. The molecule has 0 unspecified atom stereocenters. The number of sulfone groups is 1. The molecule has 3 rings (SSSR count). The van der Waals surface area contributed by atoms with Gasteiger partial charge in [0.1, 0.15) is 11.3 Å². The number of aromatic amines is 1. The standard InChI is InChI=1S/C14H12N2O2S/c1-19(17,18)12-9-5-8-11-13(12)16-14(15-11)10-6-3-2-4-7-10/h2-9H,1H3,(H,15,16). The number of aromatic nitrogens is 2. The molecule has 96 valence electrons. The Labute approximate surface area is 111 Å². The van der Waals surface area contributed by atoms with Crippen molar-refractivity contribution in [2.45, 2.75) is 4.90 Å². The van der Waals surface area contributed by atoms with Crippen molar-refractivity contribution in [3.63, 3.8) is 0 Å². The Hall–Kier alpha value is -2.14. The van der Waals surface area contributed by atoms with Crippen molar-refractivity contribution in [1.82, 2.24) is 9.97 Å². The third kappa shape index (κ3) is 2.13. The number of hydrogen-bond acceptors (Lipinski definition) is 3. The van der Waals surface area contributed by atoms with Gasteiger partial charge in [-0.2, -0.15) is 0 Å². The Bertz CT molecular complexity index is 836. The van der Waals surface area contributed by atoms with Gasteiger partial charge >= 0.3 is 0 Å². The van der Waals surface area contributed by atoms with Crippen LogP contribution in [0.4, 0.5) is 0 Å². The van der Waals surface area contributed by atoms with Gasteiger partial charge in [0, 0.05) is 11.8 Å². The lowest BCUT2D eigenvalue weighted by molar-refractivity contribution is 0.602. The highest BCUT2D eigenvalue weighted by Crippen LogP contribution is 2.25. The van der Waals surface area contributed by atoms with Crippen molar-refractivity contribution in [2.24, 2.45) is 0 Å². The molecule has 19 heavy (non-hydrogen) atoms. The van der Waals surface area contributed by atoms with Crippen molar-refractivity contribution in [2.75, 3.05) is 6.26 Å². The third-order valence-electron chi connectivity index (χ3n) is 2.92. The summed E-state index contributed by atoms with van der Waals surface area (Å²) in [5.41, 5.74) is 2.14. The number of H-pyrrole nitrogens is 1. The molecular weight excluding hydrogens is 260 g/mol. The van der Waals surface area contributed by atoms with Crippen LogP contribution in [0.5, 0.6) is 0 Å². The minimum Gasteiger partial charge on any atom is -0.338 e. The topological polar surface area (TPSA) is 62.8 Å². The molecule has 0 atom stereocenters. The van der Waals surface area contributed by atoms with Crippen molar-refractivity contribution < 1.29 is 8.42 Å². The summed E-state index contributed by atoms with van der Waals surface area (Å²) in [5, 5.41) is 0. The summed E-state index contributed by atoms with van der Waals surface area (Å²) >= 11 is 0. The van der Waals surface area contributed by atoms with Crippen LogP contribution in [0.2, 0.25) is 0 Å². The summed E-state index contributed by atoms with van der Waals surface area (Å²) in [4.78, 5) is 7.82. The number of para-hydroxylation sites is 1. The van der Waals surface area contributed by atoms with Crippen LogP contribution in [-0.2, 0) is 9.84 Å². The summed E-state index contributed by atoms with van der Waals surface area (Å²) in [6, 6.07) is 14.7. The SMILES string of the molecule is CS(=O)(=O)c1cccc2[nH]c(-c3ccccc3)nc12. The molecule has 0 aliphatic carbocycles. The second kappa shape index (κ2) is 4.20. The van der Waals surface area contributed by atoms with E-state index in [0.29, 0.717) is 11.3 Å². The number of imidazole rings is 1. The van der Waals surface area contributed by atoms with E-state index in [2.05, 4.69) is 9.97 Å². The molecule has 1 heterocycles. The third-order valence-corrected chi connectivity index (χ3v) is 4.05. The van der Waals surface area contributed by atoms with Crippen LogP contribution in [0, 0.1) is 0 Å². The molecule has 0 amide bonds. The average molecular weight is 272 g/mol. The minimum atomic E-state index is -3.28. The van der Waals surface area contributed by atoms with Crippen molar-refractivity contribution in [3.8, 4) is 11.4 Å². The van der Waals surface area contributed by atoms with Crippen molar-refractivity contribution in [3.05, 3.63) is 48.5 Å². The summed E-state index contributed by atoms with van der Waals surface area (Å²) < 4.78 is 23.5. The Kier molecular flexibility index (Phi) is 2.64. The molecule has 0 saturated heterocycles. The first-order valence-corrected chi connectivity index (χ1v) is 7.69. The normalized spacial score (nSPS) is 11.8. The monoisotopic (exact) mass is 272 g/mol. The van der Waals surface area contributed by atoms with Crippen LogP contribution >= 0.6 is 0 Å². The fourth-order valence-corrected chi connectivity index (χ4v) is 2.87. The molecule has 0 radical (unpaired) electrons. The van der Waals surface area contributed by atoms with Crippen LogP contribution in [0.25, 0.3) is 22.4 Å². The minimum absolute atomic E-state index is 0.253. The smallest absolute Gasteiger partial charge is 0.177 e. The molecule has 3 aromatic rings. The highest BCUT2D eigenvalue weighted by atomic mass is 32.2. The summed E-state index contributed by atoms with van der Waals surface area (Å²) in [5.74, 6) is 0.673. The van der Waals surface area contributed by atoms with E-state index in [4.69, 9.17) is 0 Å². The van der Waals surface area contributed by atoms with Gasteiger partial charge in [-0.25, -0.2) is 13.4 Å². The van der Waals surface area contributed by atoms with E-state index in [0.717, 1.165) is 11.1 Å². The number of nitrogens with zero attached hydrogens (tertiary/aromatic N) is 1. The van der Waals surface area contributed by atoms with Gasteiger partial charge in [0.2, 0.25) is 0 Å². The fourth-order valence-electron chi connectivity index (χ4n) is 2.04. The van der Waals surface area contributed by atoms with Gasteiger partial charge in [0.15, 0.2) is 9.84 Å². The number of nitrogens with one attached hydrogen (secondary N) is 1. The van der Waals surface area contributed by atoms with Crippen LogP contribution in [0.1, 0.15) is 0 Å². The molecule has 1 aromatic heterocycles. The molecule has 0 bridgehead atoms. The lowest BCUT2D eigenvalue weighted by Gasteiger charge is -1.97. The number of benzene rings is 2. The van der Waals surface area contributed by atoms with E-state index in [1.165, 1.54) is 6.26 Å². The first-order chi connectivity index (χ1) is 9.05. The summed E-state index contributed by atoms with van der Waals surface area (Å²) in [7, 11) is -3.28. The Morgan fingerprint density at radius 1 is 1.00 bits per heavy atom. The Morgan fingerprint density at radius 3 is 2.42 bits per heavy atom. The van der Waals surface area contributed by atoms with E-state index in [1.807, 2.05) is 36.4 Å². The van der Waals surface area contributed by atoms with E-state index < -0.39 is 9.84 Å². The lowest BCUT2D eigenvalue weighted by Crippen LogP contribution is -1.97. The fraction of sp³-hybridized carbons (Fsp3) is 0.0714. The zero-order chi connectivity index (χ0) is 13.5. The predicted octanol–water partition coefficient (Wildman–Crippen LogP) is 2.63. The molecule has 0 aliphatic heterocycles. The van der Waals surface area contributed by atoms with Crippen LogP contribution in [0.3, 0.4) is 0 Å². The predicted molar refractivity (Wildman–Crippen MR) is 74.6 cm³/mol. The van der Waals surface area contributed by atoms with Crippen molar-refractivity contribution >= 4 is 20.9 Å². The van der Waals surface area contributed by atoms with Crippen molar-refractivity contribution in [1.29, 1.82) is 0 Å². The summed E-state index contributed by atoms with van der Waals surface area (Å²) in [6.45, 7) is 0. The molecule has 0 aliphatic rings. The van der Waals surface area contributed by atoms with Gasteiger partial charge in [-0.3, -0.25) is 0 Å². The van der Waals surface area contributed by atoms with E-state index >= 15 is 0 Å². The molecule has 0 saturated carbocycles. The number of rotatable bonds is 2. The van der Waals surface area contributed by atoms with Gasteiger partial charge in [0.25, 0.3) is 0 Å². The highest BCUT2D eigenvalue weighted by Gasteiger charge is 2.15. The quantitative estimate of drug-likeness (QED) is 0.780. The zero-order valence-electron chi connectivity index (χ0n) is 10.3. The van der Waals surface area contributed by atoms with E-state index in [9.17, 15) is 8.42 Å². The second-order valence-electron chi connectivity index (χ2n) is 4.38. The molecule has 0 fully saturated rings. The van der Waals surface area contributed by atoms with E-state index in [1.54, 1.807) is 12.1 Å². The second-order valence-corrected chi connectivity index (χ2v) is 6.36. The maximum absolute atomic E-state index is 11.7. The van der Waals surface area contributed by atoms with Crippen LogP contribution in [-0.4, -0.2) is 24.6 Å². The number of fused-ring (bicyclic) bond motifs is 1. The van der Waals surface area contributed by atoms with Gasteiger partial charge in [-0.05, 0) is 12.1 Å². The average Bonchev–Trinajstić information content (AvgIpc) is 2.82. The van der Waals surface area contributed by atoms with Gasteiger partial charge in [-0.1, -0.05) is 36.4 Å². The molecule has 4 nitrogen and oxygen atoms in total. The van der Waals surface area contributed by atoms with Crippen LogP contribution < -0.4 is 0 Å². The lowest BCUT2D eigenvalue weighted by atomic mass is 10.2. The molecule has 2 aromatic carbocycles. The first kappa shape index (κ1) is 11.9. The maximum atomic E-state index is 11.7. The number of hydrogen-bond donors (Lipinski definition) is 1. The molecule has 0 spiro atoms. The van der Waals surface area contributed by atoms with E-state index in [-0.39, 0.29) is 4.90 Å². The van der Waals surface area contributed by atoms with Gasteiger partial charge < -0.3 is 4.98 Å². The summed E-state index contributed by atoms with van der Waals surface area (Å²) in [6.07, 6.45) is 1.19. The highest BCUT2D eigenvalue weighted by molar-refractivity contribution is 7.91. The zero-order valence-corrected chi connectivity index (χ0v) is 11.1. The van der Waals surface area contributed by atoms with Gasteiger partial charge in [0.05, 0.1) is 10.4 Å².